The van der Waals surface area contributed by atoms with Crippen molar-refractivity contribution in [2.45, 2.75) is 25.3 Å². The Morgan fingerprint density at radius 2 is 2.23 bits per heavy atom. The second kappa shape index (κ2) is 3.18. The Labute approximate surface area is 77.7 Å². The van der Waals surface area contributed by atoms with Gasteiger partial charge in [-0.3, -0.25) is 0 Å². The molecule has 0 radical (unpaired) electrons. The fourth-order valence-electron chi connectivity index (χ4n) is 2.93. The average Bonchev–Trinajstić information content (AvgIpc) is 2.61. The fourth-order valence-corrected chi connectivity index (χ4v) is 2.93. The number of carbonyl (C=O) groups is 1. The van der Waals surface area contributed by atoms with Gasteiger partial charge in [0, 0.05) is 12.6 Å². The number of nitrogens with zero attached hydrogens (tertiary/aromatic N) is 1. The Morgan fingerprint density at radius 3 is 2.85 bits per heavy atom. The predicted molar refractivity (Wildman–Crippen MR) is 48.4 cm³/mol. The van der Waals surface area contributed by atoms with Crippen LogP contribution in [-0.4, -0.2) is 35.2 Å². The van der Waals surface area contributed by atoms with E-state index < -0.39 is 6.09 Å². The lowest BCUT2D eigenvalue weighted by molar-refractivity contribution is 0.137. The van der Waals surface area contributed by atoms with E-state index in [9.17, 15) is 4.79 Å². The lowest BCUT2D eigenvalue weighted by Gasteiger charge is -2.20. The molecule has 0 bridgehead atoms. The maximum Gasteiger partial charge on any atom is 0.407 e. The highest BCUT2D eigenvalue weighted by Crippen LogP contribution is 2.41. The minimum Gasteiger partial charge on any atom is -0.465 e. The number of rotatable bonds is 1. The van der Waals surface area contributed by atoms with Gasteiger partial charge >= 0.3 is 6.09 Å². The Balaban J connectivity index is 2.07. The molecule has 1 heterocycles. The van der Waals surface area contributed by atoms with Crippen LogP contribution in [0.15, 0.2) is 0 Å². The topological polar surface area (TPSA) is 66.6 Å². The van der Waals surface area contributed by atoms with E-state index in [1.807, 2.05) is 0 Å². The third-order valence-corrected chi connectivity index (χ3v) is 3.59. The van der Waals surface area contributed by atoms with Crippen molar-refractivity contribution in [1.82, 2.24) is 4.90 Å². The van der Waals surface area contributed by atoms with Gasteiger partial charge in [-0.25, -0.2) is 4.79 Å². The number of carboxylic acid groups (broad SMARTS) is 1. The van der Waals surface area contributed by atoms with Crippen LogP contribution < -0.4 is 5.73 Å². The number of hydrogen-bond acceptors (Lipinski definition) is 2. The van der Waals surface area contributed by atoms with Crippen molar-refractivity contribution in [1.29, 1.82) is 0 Å². The summed E-state index contributed by atoms with van der Waals surface area (Å²) in [5, 5.41) is 8.91. The number of fused-ring (bicyclic) bond motifs is 1. The van der Waals surface area contributed by atoms with Crippen molar-refractivity contribution in [3.8, 4) is 0 Å². The molecule has 2 fully saturated rings. The largest absolute Gasteiger partial charge is 0.465 e. The summed E-state index contributed by atoms with van der Waals surface area (Å²) in [5.41, 5.74) is 5.65. The van der Waals surface area contributed by atoms with Gasteiger partial charge in [0.1, 0.15) is 0 Å². The average molecular weight is 184 g/mol. The molecule has 4 nitrogen and oxygen atoms in total. The smallest absolute Gasteiger partial charge is 0.407 e. The molecule has 3 unspecified atom stereocenters. The van der Waals surface area contributed by atoms with Gasteiger partial charge in [-0.15, -0.1) is 0 Å². The molecule has 0 aromatic rings. The highest BCUT2D eigenvalue weighted by molar-refractivity contribution is 5.66. The molecule has 1 saturated carbocycles. The molecule has 0 aromatic heterocycles. The van der Waals surface area contributed by atoms with E-state index in [4.69, 9.17) is 10.8 Å². The fraction of sp³-hybridized carbons (Fsp3) is 0.889. The summed E-state index contributed by atoms with van der Waals surface area (Å²) < 4.78 is 0. The van der Waals surface area contributed by atoms with E-state index >= 15 is 0 Å². The zero-order chi connectivity index (χ0) is 9.42. The zero-order valence-electron chi connectivity index (χ0n) is 7.65. The van der Waals surface area contributed by atoms with Gasteiger partial charge in [-0.2, -0.15) is 0 Å². The lowest BCUT2D eigenvalue weighted by Crippen LogP contribution is -2.35. The first-order valence-electron chi connectivity index (χ1n) is 4.93. The van der Waals surface area contributed by atoms with Crippen molar-refractivity contribution in [3.63, 3.8) is 0 Å². The first-order valence-corrected chi connectivity index (χ1v) is 4.93. The number of nitrogens with two attached hydrogens (primary N) is 1. The molecule has 2 aliphatic rings. The van der Waals surface area contributed by atoms with E-state index in [0.29, 0.717) is 24.9 Å². The third-order valence-electron chi connectivity index (χ3n) is 3.59. The lowest BCUT2D eigenvalue weighted by atomic mass is 9.93. The van der Waals surface area contributed by atoms with E-state index in [0.717, 1.165) is 19.3 Å². The first-order chi connectivity index (χ1) is 6.24. The molecule has 2 rings (SSSR count). The molecule has 0 aromatic carbocycles. The number of hydrogen-bond donors (Lipinski definition) is 2. The van der Waals surface area contributed by atoms with Crippen LogP contribution >= 0.6 is 0 Å². The first kappa shape index (κ1) is 8.81. The Morgan fingerprint density at radius 1 is 1.46 bits per heavy atom. The third kappa shape index (κ3) is 1.29. The van der Waals surface area contributed by atoms with Gasteiger partial charge in [-0.1, -0.05) is 0 Å². The van der Waals surface area contributed by atoms with Gasteiger partial charge in [0.2, 0.25) is 0 Å². The second-order valence-electron chi connectivity index (χ2n) is 4.07. The Bertz CT molecular complexity index is 220. The van der Waals surface area contributed by atoms with Crippen molar-refractivity contribution in [2.24, 2.45) is 17.6 Å². The van der Waals surface area contributed by atoms with Crippen molar-refractivity contribution < 1.29 is 9.90 Å². The number of amides is 1. The molecular weight excluding hydrogens is 168 g/mol. The Hall–Kier alpha value is -0.770. The van der Waals surface area contributed by atoms with E-state index in [1.54, 1.807) is 4.90 Å². The van der Waals surface area contributed by atoms with E-state index in [-0.39, 0.29) is 6.04 Å². The molecule has 1 aliphatic heterocycles. The SMILES string of the molecule is NCC1CCC2C1CCN2C(=O)O. The van der Waals surface area contributed by atoms with Gasteiger partial charge in [-0.05, 0) is 37.6 Å². The maximum absolute atomic E-state index is 10.8. The molecule has 3 N–H and O–H groups in total. The van der Waals surface area contributed by atoms with Crippen LogP contribution in [0.3, 0.4) is 0 Å². The second-order valence-corrected chi connectivity index (χ2v) is 4.07. The summed E-state index contributed by atoms with van der Waals surface area (Å²) in [6.45, 7) is 1.43. The van der Waals surface area contributed by atoms with Gasteiger partial charge in [0.15, 0.2) is 0 Å². The molecule has 1 saturated heterocycles. The van der Waals surface area contributed by atoms with Gasteiger partial charge in [0.25, 0.3) is 0 Å². The molecule has 0 spiro atoms. The molecule has 3 atom stereocenters. The predicted octanol–water partition coefficient (Wildman–Crippen LogP) is 0.724. The molecule has 1 aliphatic carbocycles. The van der Waals surface area contributed by atoms with Gasteiger partial charge in [0.05, 0.1) is 0 Å². The Kier molecular flexibility index (Phi) is 2.15. The highest BCUT2D eigenvalue weighted by atomic mass is 16.4. The zero-order valence-corrected chi connectivity index (χ0v) is 7.65. The van der Waals surface area contributed by atoms with Crippen molar-refractivity contribution in [2.75, 3.05) is 13.1 Å². The van der Waals surface area contributed by atoms with Crippen LogP contribution in [0.5, 0.6) is 0 Å². The van der Waals surface area contributed by atoms with Crippen molar-refractivity contribution >= 4 is 6.09 Å². The van der Waals surface area contributed by atoms with Crippen LogP contribution in [0.4, 0.5) is 4.79 Å². The maximum atomic E-state index is 10.8. The molecule has 1 amide bonds. The number of likely N-dealkylation sites (tertiary alicyclic amines) is 1. The minimum absolute atomic E-state index is 0.269. The summed E-state index contributed by atoms with van der Waals surface area (Å²) in [7, 11) is 0. The molecular formula is C9H16N2O2. The summed E-state index contributed by atoms with van der Waals surface area (Å²) in [6.07, 6.45) is 2.37. The van der Waals surface area contributed by atoms with E-state index in [2.05, 4.69) is 0 Å². The van der Waals surface area contributed by atoms with E-state index in [1.165, 1.54) is 0 Å². The van der Waals surface area contributed by atoms with Crippen LogP contribution in [0.25, 0.3) is 0 Å². The normalized spacial score (nSPS) is 37.9. The molecule has 13 heavy (non-hydrogen) atoms. The summed E-state index contributed by atoms with van der Waals surface area (Å²) in [4.78, 5) is 12.4. The summed E-state index contributed by atoms with van der Waals surface area (Å²) >= 11 is 0. The molecule has 4 heteroatoms. The quantitative estimate of drug-likeness (QED) is 0.631. The molecule has 74 valence electrons. The van der Waals surface area contributed by atoms with Crippen LogP contribution in [-0.2, 0) is 0 Å². The highest BCUT2D eigenvalue weighted by Gasteiger charge is 2.44. The van der Waals surface area contributed by atoms with Crippen LogP contribution in [0.1, 0.15) is 19.3 Å². The summed E-state index contributed by atoms with van der Waals surface area (Å²) in [5.74, 6) is 1.11. The minimum atomic E-state index is -0.759. The van der Waals surface area contributed by atoms with Crippen LogP contribution in [0, 0.1) is 11.8 Å². The van der Waals surface area contributed by atoms with Crippen LogP contribution in [0.2, 0.25) is 0 Å². The van der Waals surface area contributed by atoms with Crippen molar-refractivity contribution in [3.05, 3.63) is 0 Å². The monoisotopic (exact) mass is 184 g/mol. The summed E-state index contributed by atoms with van der Waals surface area (Å²) in [6, 6.07) is 0.269. The standard InChI is InChI=1S/C9H16N2O2/c10-5-6-1-2-8-7(6)3-4-11(8)9(12)13/h6-8H,1-5,10H2,(H,12,13). The van der Waals surface area contributed by atoms with Gasteiger partial charge < -0.3 is 15.7 Å².